The monoisotopic (exact) mass is 172 g/mol. The fourth-order valence-corrected chi connectivity index (χ4v) is 0.770. The number of aromatic amines is 1. The molecule has 0 fully saturated rings. The average molecular weight is 173 g/mol. The Hall–Kier alpha value is -0.570. The Balaban J connectivity index is 3.00. The average Bonchev–Trinajstić information content (AvgIpc) is 2.14. The van der Waals surface area contributed by atoms with Crippen molar-refractivity contribution >= 4 is 22.2 Å². The fraction of sp³-hybridized carbons (Fsp3) is 0. The maximum atomic E-state index is 9.84. The summed E-state index contributed by atoms with van der Waals surface area (Å²) in [4.78, 5) is 12.5. The normalized spacial score (nSPS) is 9.12. The van der Waals surface area contributed by atoms with Gasteiger partial charge in [0.25, 0.3) is 6.29 Å². The maximum Gasteiger partial charge on any atom is 0.251 e. The van der Waals surface area contributed by atoms with Crippen molar-refractivity contribution in [2.45, 2.75) is 0 Å². The first-order valence-electron chi connectivity index (χ1n) is 2.05. The molecule has 0 aliphatic rings. The van der Waals surface area contributed by atoms with Gasteiger partial charge in [0, 0.05) is 10.7 Å². The van der Waals surface area contributed by atoms with E-state index in [0.717, 1.165) is 4.47 Å². The third-order valence-electron chi connectivity index (χ3n) is 0.758. The van der Waals surface area contributed by atoms with Gasteiger partial charge in [0.1, 0.15) is 0 Å². The van der Waals surface area contributed by atoms with Gasteiger partial charge in [-0.2, -0.15) is 0 Å². The second-order valence-corrected chi connectivity index (χ2v) is 2.25. The Morgan fingerprint density at radius 3 is 2.75 bits per heavy atom. The van der Waals surface area contributed by atoms with Gasteiger partial charge in [0.2, 0.25) is 0 Å². The Kier molecular flexibility index (Phi) is 1.48. The molecular weight excluding hydrogens is 170 g/mol. The van der Waals surface area contributed by atoms with E-state index >= 15 is 0 Å². The van der Waals surface area contributed by atoms with Gasteiger partial charge in [-0.15, -0.1) is 0 Å². The third-order valence-corrected chi connectivity index (χ3v) is 1.22. The zero-order valence-corrected chi connectivity index (χ0v) is 5.53. The van der Waals surface area contributed by atoms with E-state index in [9.17, 15) is 4.79 Å². The SMILES string of the molecule is O=[C]c1cc(Br)c[nH]1. The van der Waals surface area contributed by atoms with E-state index in [-0.39, 0.29) is 0 Å². The molecule has 1 radical (unpaired) electrons. The Bertz CT molecular complexity index is 194. The third kappa shape index (κ3) is 0.980. The van der Waals surface area contributed by atoms with Gasteiger partial charge in [0.15, 0.2) is 0 Å². The summed E-state index contributed by atoms with van der Waals surface area (Å²) >= 11 is 3.16. The quantitative estimate of drug-likeness (QED) is 0.680. The molecule has 0 atom stereocenters. The number of carbonyl (C=O) groups excluding carboxylic acids is 1. The minimum absolute atomic E-state index is 0.469. The summed E-state index contributed by atoms with van der Waals surface area (Å²) in [6.45, 7) is 0. The van der Waals surface area contributed by atoms with Gasteiger partial charge in [-0.25, -0.2) is 0 Å². The first-order valence-corrected chi connectivity index (χ1v) is 2.84. The van der Waals surface area contributed by atoms with Gasteiger partial charge in [-0.3, -0.25) is 4.79 Å². The lowest BCUT2D eigenvalue weighted by Gasteiger charge is -1.68. The molecule has 41 valence electrons. The molecule has 0 unspecified atom stereocenters. The molecule has 0 aromatic carbocycles. The van der Waals surface area contributed by atoms with Crippen LogP contribution in [0.15, 0.2) is 16.7 Å². The van der Waals surface area contributed by atoms with Crippen molar-refractivity contribution in [2.75, 3.05) is 0 Å². The van der Waals surface area contributed by atoms with Crippen molar-refractivity contribution in [3.63, 3.8) is 0 Å². The van der Waals surface area contributed by atoms with E-state index in [0.29, 0.717) is 5.69 Å². The van der Waals surface area contributed by atoms with Crippen LogP contribution in [0.4, 0.5) is 0 Å². The molecule has 1 N–H and O–H groups in total. The van der Waals surface area contributed by atoms with E-state index < -0.39 is 0 Å². The Morgan fingerprint density at radius 1 is 1.75 bits per heavy atom. The van der Waals surface area contributed by atoms with Gasteiger partial charge < -0.3 is 4.98 Å². The summed E-state index contributed by atoms with van der Waals surface area (Å²) in [5.41, 5.74) is 0.469. The summed E-state index contributed by atoms with van der Waals surface area (Å²) in [6, 6.07) is 1.66. The van der Waals surface area contributed by atoms with Crippen LogP contribution in [0.5, 0.6) is 0 Å². The largest absolute Gasteiger partial charge is 0.357 e. The molecule has 0 aliphatic carbocycles. The van der Waals surface area contributed by atoms with Crippen molar-refractivity contribution in [1.29, 1.82) is 0 Å². The molecular formula is C5H3BrNO. The standard InChI is InChI=1S/C5H3BrNO/c6-4-1-5(3-8)7-2-4/h1-2,7H. The molecule has 0 saturated heterocycles. The van der Waals surface area contributed by atoms with Crippen molar-refractivity contribution in [2.24, 2.45) is 0 Å². The summed E-state index contributed by atoms with van der Waals surface area (Å²) in [5.74, 6) is 0. The van der Waals surface area contributed by atoms with Crippen LogP contribution in [0, 0.1) is 0 Å². The molecule has 0 aliphatic heterocycles. The van der Waals surface area contributed by atoms with E-state index in [1.54, 1.807) is 18.5 Å². The van der Waals surface area contributed by atoms with Gasteiger partial charge in [-0.05, 0) is 22.0 Å². The van der Waals surface area contributed by atoms with Crippen LogP contribution < -0.4 is 0 Å². The summed E-state index contributed by atoms with van der Waals surface area (Å²) < 4.78 is 0.871. The predicted octanol–water partition coefficient (Wildman–Crippen LogP) is 1.23. The van der Waals surface area contributed by atoms with Crippen molar-refractivity contribution in [1.82, 2.24) is 4.98 Å². The maximum absolute atomic E-state index is 9.84. The van der Waals surface area contributed by atoms with Crippen LogP contribution in [0.25, 0.3) is 0 Å². The zero-order chi connectivity index (χ0) is 5.98. The molecule has 3 heteroatoms. The number of H-pyrrole nitrogens is 1. The molecule has 0 bridgehead atoms. The number of halogens is 1. The fourth-order valence-electron chi connectivity index (χ4n) is 0.427. The summed E-state index contributed by atoms with van der Waals surface area (Å²) in [6.07, 6.45) is 3.39. The van der Waals surface area contributed by atoms with Crippen LogP contribution in [-0.2, 0) is 4.79 Å². The highest BCUT2D eigenvalue weighted by Gasteiger charge is 1.91. The smallest absolute Gasteiger partial charge is 0.251 e. The summed E-state index contributed by atoms with van der Waals surface area (Å²) in [5, 5.41) is 0. The number of hydrogen-bond acceptors (Lipinski definition) is 1. The Labute approximate surface area is 55.0 Å². The first kappa shape index (κ1) is 5.56. The second-order valence-electron chi connectivity index (χ2n) is 1.33. The van der Waals surface area contributed by atoms with Crippen LogP contribution >= 0.6 is 15.9 Å². The van der Waals surface area contributed by atoms with E-state index in [2.05, 4.69) is 20.9 Å². The molecule has 1 aromatic rings. The molecule has 8 heavy (non-hydrogen) atoms. The molecule has 2 nitrogen and oxygen atoms in total. The van der Waals surface area contributed by atoms with Crippen LogP contribution in [0.2, 0.25) is 0 Å². The van der Waals surface area contributed by atoms with Crippen LogP contribution in [0.1, 0.15) is 5.69 Å². The zero-order valence-electron chi connectivity index (χ0n) is 3.94. The van der Waals surface area contributed by atoms with E-state index in [1.165, 1.54) is 0 Å². The molecule has 1 heterocycles. The number of aromatic nitrogens is 1. The van der Waals surface area contributed by atoms with E-state index in [1.807, 2.05) is 0 Å². The predicted molar refractivity (Wildman–Crippen MR) is 33.3 cm³/mol. The van der Waals surface area contributed by atoms with Crippen molar-refractivity contribution in [3.8, 4) is 0 Å². The van der Waals surface area contributed by atoms with Gasteiger partial charge in [0.05, 0.1) is 5.69 Å². The van der Waals surface area contributed by atoms with Crippen molar-refractivity contribution < 1.29 is 4.79 Å². The molecule has 0 spiro atoms. The lowest BCUT2D eigenvalue weighted by atomic mass is 10.5. The highest BCUT2D eigenvalue weighted by Crippen LogP contribution is 2.07. The minimum atomic E-state index is 0.469. The Morgan fingerprint density at radius 2 is 2.50 bits per heavy atom. The summed E-state index contributed by atoms with van der Waals surface area (Å²) in [7, 11) is 0. The lowest BCUT2D eigenvalue weighted by Crippen LogP contribution is -1.73. The molecule has 0 amide bonds. The molecule has 0 saturated carbocycles. The number of nitrogens with one attached hydrogen (secondary N) is 1. The number of rotatable bonds is 1. The van der Waals surface area contributed by atoms with E-state index in [4.69, 9.17) is 0 Å². The highest BCUT2D eigenvalue weighted by atomic mass is 79.9. The second kappa shape index (κ2) is 2.13. The highest BCUT2D eigenvalue weighted by molar-refractivity contribution is 9.10. The lowest BCUT2D eigenvalue weighted by molar-refractivity contribution is 0.561. The van der Waals surface area contributed by atoms with Crippen molar-refractivity contribution in [3.05, 3.63) is 22.4 Å². The topological polar surface area (TPSA) is 32.9 Å². The van der Waals surface area contributed by atoms with Gasteiger partial charge >= 0.3 is 0 Å². The minimum Gasteiger partial charge on any atom is -0.357 e. The van der Waals surface area contributed by atoms with Gasteiger partial charge in [-0.1, -0.05) is 0 Å². The van der Waals surface area contributed by atoms with Crippen LogP contribution in [-0.4, -0.2) is 11.3 Å². The molecule has 1 rings (SSSR count). The first-order chi connectivity index (χ1) is 3.83. The van der Waals surface area contributed by atoms with Crippen LogP contribution in [0.3, 0.4) is 0 Å². The molecule has 1 aromatic heterocycles. The number of hydrogen-bond donors (Lipinski definition) is 1.